The molecule has 154 valence electrons. The van der Waals surface area contributed by atoms with Crippen molar-refractivity contribution in [3.8, 4) is 0 Å². The second-order valence-corrected chi connectivity index (χ2v) is 7.84. The molecular formula is C19H36N6O2. The van der Waals surface area contributed by atoms with Crippen molar-refractivity contribution in [3.05, 3.63) is 0 Å². The van der Waals surface area contributed by atoms with Crippen LogP contribution in [-0.4, -0.2) is 54.4 Å². The molecule has 2 rings (SSSR count). The number of hydrogen-bond acceptors (Lipinski definition) is 4. The van der Waals surface area contributed by atoms with E-state index in [0.29, 0.717) is 32.0 Å². The number of rotatable bonds is 9. The highest BCUT2D eigenvalue weighted by molar-refractivity contribution is 5.90. The lowest BCUT2D eigenvalue weighted by atomic mass is 9.84. The molecule has 2 aliphatic rings. The van der Waals surface area contributed by atoms with E-state index in [2.05, 4.69) is 10.3 Å². The number of likely N-dealkylation sites (tertiary alicyclic amines) is 1. The predicted molar refractivity (Wildman–Crippen MR) is 107 cm³/mol. The molecule has 1 heterocycles. The quantitative estimate of drug-likeness (QED) is 0.261. The van der Waals surface area contributed by atoms with Crippen molar-refractivity contribution < 1.29 is 9.59 Å². The molecule has 2 fully saturated rings. The monoisotopic (exact) mass is 380 g/mol. The van der Waals surface area contributed by atoms with Gasteiger partial charge in [0.15, 0.2) is 5.96 Å². The summed E-state index contributed by atoms with van der Waals surface area (Å²) in [5.41, 5.74) is 16.8. The molecule has 2 amide bonds. The van der Waals surface area contributed by atoms with Crippen LogP contribution >= 0.6 is 0 Å². The zero-order valence-corrected chi connectivity index (χ0v) is 16.4. The van der Waals surface area contributed by atoms with Crippen molar-refractivity contribution in [3.63, 3.8) is 0 Å². The van der Waals surface area contributed by atoms with Crippen LogP contribution < -0.4 is 22.5 Å². The van der Waals surface area contributed by atoms with Gasteiger partial charge in [0.1, 0.15) is 6.04 Å². The molecule has 0 bridgehead atoms. The predicted octanol–water partition coefficient (Wildman–Crippen LogP) is 0.445. The summed E-state index contributed by atoms with van der Waals surface area (Å²) in [5, 5.41) is 2.93. The molecule has 0 aromatic carbocycles. The average Bonchev–Trinajstić information content (AvgIpc) is 3.14. The van der Waals surface area contributed by atoms with E-state index in [9.17, 15) is 9.59 Å². The van der Waals surface area contributed by atoms with Crippen molar-refractivity contribution in [2.45, 2.75) is 76.3 Å². The number of carbonyl (C=O) groups excluding carboxylic acids is 2. The van der Waals surface area contributed by atoms with Gasteiger partial charge in [-0.15, -0.1) is 0 Å². The third-order valence-electron chi connectivity index (χ3n) is 5.65. The summed E-state index contributed by atoms with van der Waals surface area (Å²) >= 11 is 0. The van der Waals surface area contributed by atoms with Crippen LogP contribution in [0.1, 0.15) is 64.2 Å². The molecule has 7 N–H and O–H groups in total. The van der Waals surface area contributed by atoms with Crippen LogP contribution in [0.3, 0.4) is 0 Å². The number of guanidine groups is 1. The molecule has 0 unspecified atom stereocenters. The fraction of sp³-hybridized carbons (Fsp3) is 0.842. The van der Waals surface area contributed by atoms with Crippen LogP contribution in [0.25, 0.3) is 0 Å². The Kier molecular flexibility index (Phi) is 8.84. The lowest BCUT2D eigenvalue weighted by Crippen LogP contribution is -2.51. The maximum atomic E-state index is 12.8. The fourth-order valence-corrected chi connectivity index (χ4v) is 4.17. The molecule has 1 saturated heterocycles. The number of hydrogen-bond donors (Lipinski definition) is 4. The number of aliphatic imine (C=N–C) groups is 1. The molecule has 1 aliphatic carbocycles. The number of nitrogens with two attached hydrogens (primary N) is 3. The van der Waals surface area contributed by atoms with Gasteiger partial charge in [-0.3, -0.25) is 14.6 Å². The molecule has 0 aromatic heterocycles. The van der Waals surface area contributed by atoms with Crippen LogP contribution in [0.4, 0.5) is 0 Å². The standard InChI is InChI=1S/C19H36N6O2/c20-15(13-14-7-2-1-3-8-14)18(27)25-12-6-9-16(25)17(26)23-10-4-5-11-24-19(21)22/h14-16H,1-13,20H2,(H,23,26)(H4,21,22,24)/t15-,16+/m1/s1. The Bertz CT molecular complexity index is 514. The van der Waals surface area contributed by atoms with E-state index in [-0.39, 0.29) is 23.8 Å². The lowest BCUT2D eigenvalue weighted by molar-refractivity contribution is -0.139. The molecule has 8 heteroatoms. The number of amides is 2. The summed E-state index contributed by atoms with van der Waals surface area (Å²) in [6.45, 7) is 1.74. The Morgan fingerprint density at radius 1 is 1.07 bits per heavy atom. The Morgan fingerprint density at radius 3 is 2.52 bits per heavy atom. The third-order valence-corrected chi connectivity index (χ3v) is 5.65. The summed E-state index contributed by atoms with van der Waals surface area (Å²) in [6, 6.07) is -0.867. The molecular weight excluding hydrogens is 344 g/mol. The normalized spacial score (nSPS) is 21.7. The molecule has 0 spiro atoms. The molecule has 1 aliphatic heterocycles. The Balaban J connectivity index is 1.74. The van der Waals surface area contributed by atoms with E-state index in [4.69, 9.17) is 17.2 Å². The first-order valence-electron chi connectivity index (χ1n) is 10.4. The first-order valence-corrected chi connectivity index (χ1v) is 10.4. The highest BCUT2D eigenvalue weighted by Crippen LogP contribution is 2.28. The second-order valence-electron chi connectivity index (χ2n) is 7.84. The Labute approximate surface area is 162 Å². The van der Waals surface area contributed by atoms with Gasteiger partial charge in [0.05, 0.1) is 6.04 Å². The van der Waals surface area contributed by atoms with Crippen molar-refractivity contribution in [2.75, 3.05) is 19.6 Å². The Morgan fingerprint density at radius 2 is 1.81 bits per heavy atom. The van der Waals surface area contributed by atoms with Crippen LogP contribution in [-0.2, 0) is 9.59 Å². The zero-order valence-electron chi connectivity index (χ0n) is 16.4. The van der Waals surface area contributed by atoms with Gasteiger partial charge in [0.2, 0.25) is 11.8 Å². The van der Waals surface area contributed by atoms with E-state index < -0.39 is 6.04 Å². The maximum absolute atomic E-state index is 12.8. The van der Waals surface area contributed by atoms with Gasteiger partial charge in [-0.05, 0) is 38.0 Å². The molecule has 0 radical (unpaired) electrons. The first kappa shape index (κ1) is 21.5. The maximum Gasteiger partial charge on any atom is 0.242 e. The highest BCUT2D eigenvalue weighted by atomic mass is 16.2. The topological polar surface area (TPSA) is 140 Å². The summed E-state index contributed by atoms with van der Waals surface area (Å²) in [7, 11) is 0. The van der Waals surface area contributed by atoms with Crippen molar-refractivity contribution in [2.24, 2.45) is 28.1 Å². The summed E-state index contributed by atoms with van der Waals surface area (Å²) in [5.74, 6) is 0.500. The minimum absolute atomic E-state index is 0.0639. The van der Waals surface area contributed by atoms with Crippen LogP contribution in [0.2, 0.25) is 0 Å². The van der Waals surface area contributed by atoms with Gasteiger partial charge >= 0.3 is 0 Å². The lowest BCUT2D eigenvalue weighted by Gasteiger charge is -2.29. The van der Waals surface area contributed by atoms with Gasteiger partial charge in [-0.25, -0.2) is 0 Å². The van der Waals surface area contributed by atoms with E-state index in [1.165, 1.54) is 32.1 Å². The number of unbranched alkanes of at least 4 members (excludes halogenated alkanes) is 1. The molecule has 0 aromatic rings. The smallest absolute Gasteiger partial charge is 0.242 e. The summed E-state index contributed by atoms with van der Waals surface area (Å²) in [4.78, 5) is 30.9. The highest BCUT2D eigenvalue weighted by Gasteiger charge is 2.36. The van der Waals surface area contributed by atoms with Crippen molar-refractivity contribution >= 4 is 17.8 Å². The summed E-state index contributed by atoms with van der Waals surface area (Å²) in [6.07, 6.45) is 10.0. The van der Waals surface area contributed by atoms with Crippen LogP contribution in [0.5, 0.6) is 0 Å². The largest absolute Gasteiger partial charge is 0.370 e. The van der Waals surface area contributed by atoms with Crippen molar-refractivity contribution in [1.82, 2.24) is 10.2 Å². The third kappa shape index (κ3) is 7.01. The minimum atomic E-state index is -0.485. The first-order chi connectivity index (χ1) is 13.0. The zero-order chi connectivity index (χ0) is 19.6. The van der Waals surface area contributed by atoms with E-state index >= 15 is 0 Å². The molecule has 8 nitrogen and oxygen atoms in total. The van der Waals surface area contributed by atoms with Gasteiger partial charge in [-0.2, -0.15) is 0 Å². The van der Waals surface area contributed by atoms with E-state index in [0.717, 1.165) is 25.7 Å². The van der Waals surface area contributed by atoms with Gasteiger partial charge < -0.3 is 27.4 Å². The fourth-order valence-electron chi connectivity index (χ4n) is 4.17. The van der Waals surface area contributed by atoms with Crippen LogP contribution in [0, 0.1) is 5.92 Å². The second kappa shape index (κ2) is 11.1. The minimum Gasteiger partial charge on any atom is -0.370 e. The van der Waals surface area contributed by atoms with Crippen LogP contribution in [0.15, 0.2) is 4.99 Å². The van der Waals surface area contributed by atoms with Gasteiger partial charge in [0, 0.05) is 19.6 Å². The molecule has 1 saturated carbocycles. The number of nitrogens with one attached hydrogen (secondary N) is 1. The SMILES string of the molecule is NC(N)=NCCCCNC(=O)[C@@H]1CCCN1C(=O)[C@H](N)CC1CCCCC1. The summed E-state index contributed by atoms with van der Waals surface area (Å²) < 4.78 is 0. The molecule has 27 heavy (non-hydrogen) atoms. The van der Waals surface area contributed by atoms with Gasteiger partial charge in [-0.1, -0.05) is 32.1 Å². The van der Waals surface area contributed by atoms with Gasteiger partial charge in [0.25, 0.3) is 0 Å². The molecule has 2 atom stereocenters. The number of nitrogens with zero attached hydrogens (tertiary/aromatic N) is 2. The van der Waals surface area contributed by atoms with E-state index in [1.807, 2.05) is 0 Å². The Hall–Kier alpha value is -1.83. The van der Waals surface area contributed by atoms with Crippen molar-refractivity contribution in [1.29, 1.82) is 0 Å². The number of carbonyl (C=O) groups is 2. The van der Waals surface area contributed by atoms with E-state index in [1.54, 1.807) is 4.90 Å². The average molecular weight is 381 g/mol.